The molecule has 2 N–H and O–H groups in total. The Bertz CT molecular complexity index is 578. The maximum Gasteiger partial charge on any atom is 0.214 e. The molecule has 1 saturated heterocycles. The summed E-state index contributed by atoms with van der Waals surface area (Å²) in [6, 6.07) is 3.62. The van der Waals surface area contributed by atoms with Gasteiger partial charge in [0.1, 0.15) is 0 Å². The van der Waals surface area contributed by atoms with E-state index in [0.717, 1.165) is 18.7 Å². The molecule has 0 radical (unpaired) electrons. The topological polar surface area (TPSA) is 79.5 Å². The predicted molar refractivity (Wildman–Crippen MR) is 78.9 cm³/mol. The molecule has 2 aliphatic rings. The fourth-order valence-corrected chi connectivity index (χ4v) is 4.40. The number of nitrogens with two attached hydrogens (primary N) is 1. The predicted octanol–water partition coefficient (Wildman–Crippen LogP) is 0.526. The van der Waals surface area contributed by atoms with Gasteiger partial charge in [0.25, 0.3) is 0 Å². The second kappa shape index (κ2) is 5.21. The van der Waals surface area contributed by atoms with Crippen molar-refractivity contribution in [1.29, 1.82) is 0 Å². The number of hydrogen-bond donors (Lipinski definition) is 1. The minimum Gasteiger partial charge on any atom is -0.396 e. The number of nitrogen functional groups attached to an aromatic ring is 1. The van der Waals surface area contributed by atoms with Gasteiger partial charge in [-0.25, -0.2) is 13.4 Å². The molecule has 0 atom stereocenters. The lowest BCUT2D eigenvalue weighted by atomic mass is 10.3. The Morgan fingerprint density at radius 1 is 1.25 bits per heavy atom. The summed E-state index contributed by atoms with van der Waals surface area (Å²) >= 11 is 0. The highest BCUT2D eigenvalue weighted by Gasteiger charge is 2.33. The van der Waals surface area contributed by atoms with E-state index in [1.807, 2.05) is 6.07 Å². The van der Waals surface area contributed by atoms with Gasteiger partial charge in [-0.2, -0.15) is 4.31 Å². The molecule has 0 amide bonds. The third-order valence-electron chi connectivity index (χ3n) is 3.89. The van der Waals surface area contributed by atoms with Gasteiger partial charge in [0, 0.05) is 32.4 Å². The molecule has 2 heterocycles. The zero-order chi connectivity index (χ0) is 14.2. The zero-order valence-corrected chi connectivity index (χ0v) is 12.2. The maximum absolute atomic E-state index is 12.2. The van der Waals surface area contributed by atoms with Crippen molar-refractivity contribution < 1.29 is 8.42 Å². The fraction of sp³-hybridized carbons (Fsp3) is 0.615. The van der Waals surface area contributed by atoms with Gasteiger partial charge in [0.05, 0.1) is 11.4 Å². The highest BCUT2D eigenvalue weighted by atomic mass is 32.2. The molecule has 20 heavy (non-hydrogen) atoms. The Kier molecular flexibility index (Phi) is 3.55. The van der Waals surface area contributed by atoms with E-state index in [1.54, 1.807) is 16.6 Å². The van der Waals surface area contributed by atoms with Crippen LogP contribution in [-0.4, -0.2) is 49.6 Å². The third kappa shape index (κ3) is 2.88. The largest absolute Gasteiger partial charge is 0.396 e. The first kappa shape index (κ1) is 13.6. The smallest absolute Gasteiger partial charge is 0.214 e. The molecule has 110 valence electrons. The third-order valence-corrected chi connectivity index (χ3v) is 5.94. The monoisotopic (exact) mass is 296 g/mol. The number of nitrogens with zero attached hydrogens (tertiary/aromatic N) is 3. The van der Waals surface area contributed by atoms with Crippen molar-refractivity contribution in [1.82, 2.24) is 9.29 Å². The Morgan fingerprint density at radius 3 is 2.55 bits per heavy atom. The van der Waals surface area contributed by atoms with Crippen LogP contribution >= 0.6 is 0 Å². The van der Waals surface area contributed by atoms with E-state index in [1.165, 1.54) is 0 Å². The van der Waals surface area contributed by atoms with E-state index in [-0.39, 0.29) is 0 Å². The van der Waals surface area contributed by atoms with Gasteiger partial charge in [-0.05, 0) is 30.9 Å². The molecule has 0 bridgehead atoms. The van der Waals surface area contributed by atoms with Gasteiger partial charge >= 0.3 is 0 Å². The lowest BCUT2D eigenvalue weighted by molar-refractivity contribution is 0.383. The molecule has 3 rings (SSSR count). The van der Waals surface area contributed by atoms with E-state index >= 15 is 0 Å². The van der Waals surface area contributed by atoms with Crippen LogP contribution in [0.5, 0.6) is 0 Å². The normalized spacial score (nSPS) is 21.1. The average Bonchev–Trinajstić information content (AvgIpc) is 3.23. The first-order valence-electron chi connectivity index (χ1n) is 6.99. The van der Waals surface area contributed by atoms with Gasteiger partial charge in [0.15, 0.2) is 5.82 Å². The Balaban J connectivity index is 1.63. The zero-order valence-electron chi connectivity index (χ0n) is 11.4. The van der Waals surface area contributed by atoms with E-state index in [2.05, 4.69) is 9.88 Å². The van der Waals surface area contributed by atoms with Crippen LogP contribution < -0.4 is 10.6 Å². The number of rotatable bonds is 4. The number of pyridine rings is 1. The molecular formula is C13H20N4O2S. The van der Waals surface area contributed by atoms with Crippen LogP contribution in [0.25, 0.3) is 0 Å². The molecule has 1 aliphatic carbocycles. The molecule has 2 fully saturated rings. The van der Waals surface area contributed by atoms with Gasteiger partial charge in [0.2, 0.25) is 10.0 Å². The second-order valence-electron chi connectivity index (χ2n) is 5.52. The van der Waals surface area contributed by atoms with Crippen LogP contribution in [0.2, 0.25) is 0 Å². The van der Waals surface area contributed by atoms with Crippen molar-refractivity contribution in [3.05, 3.63) is 18.3 Å². The second-order valence-corrected chi connectivity index (χ2v) is 7.54. The summed E-state index contributed by atoms with van der Waals surface area (Å²) in [5, 5.41) is 0. The molecule has 1 aromatic rings. The number of sulfonamides is 1. The summed E-state index contributed by atoms with van der Waals surface area (Å²) in [5.74, 6) is 1.47. The molecule has 0 spiro atoms. The summed E-state index contributed by atoms with van der Waals surface area (Å²) in [4.78, 5) is 6.33. The highest BCUT2D eigenvalue weighted by Crippen LogP contribution is 2.31. The molecule has 1 aliphatic heterocycles. The first-order valence-corrected chi connectivity index (χ1v) is 8.60. The van der Waals surface area contributed by atoms with Crippen molar-refractivity contribution in [2.75, 3.05) is 42.6 Å². The lowest BCUT2D eigenvalue weighted by Crippen LogP contribution is -2.49. The molecular weight excluding hydrogens is 276 g/mol. The van der Waals surface area contributed by atoms with Crippen LogP contribution in [0.15, 0.2) is 18.3 Å². The van der Waals surface area contributed by atoms with E-state index in [9.17, 15) is 8.42 Å². The van der Waals surface area contributed by atoms with Crippen molar-refractivity contribution in [3.63, 3.8) is 0 Å². The van der Waals surface area contributed by atoms with Crippen LogP contribution in [0, 0.1) is 5.92 Å². The fourth-order valence-electron chi connectivity index (χ4n) is 2.54. The minimum atomic E-state index is -3.08. The van der Waals surface area contributed by atoms with Crippen LogP contribution in [0.1, 0.15) is 12.8 Å². The average molecular weight is 296 g/mol. The van der Waals surface area contributed by atoms with Crippen LogP contribution in [0.3, 0.4) is 0 Å². The van der Waals surface area contributed by atoms with Gasteiger partial charge in [-0.3, -0.25) is 0 Å². The quantitative estimate of drug-likeness (QED) is 0.876. The van der Waals surface area contributed by atoms with E-state index in [0.29, 0.717) is 43.5 Å². The summed E-state index contributed by atoms with van der Waals surface area (Å²) in [6.07, 6.45) is 3.83. The van der Waals surface area contributed by atoms with Crippen molar-refractivity contribution in [2.24, 2.45) is 5.92 Å². The number of piperazine rings is 1. The van der Waals surface area contributed by atoms with Gasteiger partial charge in [-0.15, -0.1) is 0 Å². The number of aromatic nitrogens is 1. The molecule has 1 aromatic heterocycles. The van der Waals surface area contributed by atoms with Crippen molar-refractivity contribution >= 4 is 21.5 Å². The standard InChI is InChI=1S/C13H20N4O2S/c14-12-2-1-5-15-13(12)16-6-8-17(9-7-16)20(18,19)10-11-3-4-11/h1-2,5,11H,3-4,6-10,14H2. The van der Waals surface area contributed by atoms with E-state index in [4.69, 9.17) is 5.73 Å². The Hall–Kier alpha value is -1.34. The molecule has 7 heteroatoms. The first-order chi connectivity index (χ1) is 9.56. The number of anilines is 2. The minimum absolute atomic E-state index is 0.318. The Morgan fingerprint density at radius 2 is 1.95 bits per heavy atom. The summed E-state index contributed by atoms with van der Waals surface area (Å²) in [6.45, 7) is 2.33. The SMILES string of the molecule is Nc1cccnc1N1CCN(S(=O)(=O)CC2CC2)CC1. The maximum atomic E-state index is 12.2. The van der Waals surface area contributed by atoms with Gasteiger partial charge in [-0.1, -0.05) is 0 Å². The molecule has 0 unspecified atom stereocenters. The summed E-state index contributed by atoms with van der Waals surface area (Å²) in [5.41, 5.74) is 6.55. The lowest BCUT2D eigenvalue weighted by Gasteiger charge is -2.35. The van der Waals surface area contributed by atoms with Crippen LogP contribution in [0.4, 0.5) is 11.5 Å². The van der Waals surface area contributed by atoms with Crippen molar-refractivity contribution in [3.8, 4) is 0 Å². The highest BCUT2D eigenvalue weighted by molar-refractivity contribution is 7.89. The Labute approximate surface area is 119 Å². The number of hydrogen-bond acceptors (Lipinski definition) is 5. The molecule has 1 saturated carbocycles. The summed E-state index contributed by atoms with van der Waals surface area (Å²) in [7, 11) is -3.08. The van der Waals surface area contributed by atoms with Crippen molar-refractivity contribution in [2.45, 2.75) is 12.8 Å². The van der Waals surface area contributed by atoms with Crippen LogP contribution in [-0.2, 0) is 10.0 Å². The molecule has 6 nitrogen and oxygen atoms in total. The van der Waals surface area contributed by atoms with Gasteiger partial charge < -0.3 is 10.6 Å². The molecule has 0 aromatic carbocycles. The van der Waals surface area contributed by atoms with E-state index < -0.39 is 10.0 Å². The summed E-state index contributed by atoms with van der Waals surface area (Å²) < 4.78 is 26.0.